The smallest absolute Gasteiger partial charge is 0.168 e. The van der Waals surface area contributed by atoms with Crippen molar-refractivity contribution >= 4 is 16.9 Å². The quantitative estimate of drug-likeness (QED) is 0.303. The Hall–Kier alpha value is -3.37. The van der Waals surface area contributed by atoms with Gasteiger partial charge in [0.15, 0.2) is 5.78 Å². The van der Waals surface area contributed by atoms with Crippen molar-refractivity contribution < 1.29 is 14.6 Å². The molecule has 0 unspecified atom stereocenters. The van der Waals surface area contributed by atoms with Gasteiger partial charge in [0.05, 0.1) is 0 Å². The fourth-order valence-electron chi connectivity index (χ4n) is 3.62. The van der Waals surface area contributed by atoms with E-state index >= 15 is 0 Å². The van der Waals surface area contributed by atoms with Crippen LogP contribution >= 0.6 is 0 Å². The Balaban J connectivity index is 0.00000385. The van der Waals surface area contributed by atoms with Crippen LogP contribution in [0.4, 0.5) is 0 Å². The van der Waals surface area contributed by atoms with Gasteiger partial charge in [-0.15, -0.1) is 0 Å². The van der Waals surface area contributed by atoms with Gasteiger partial charge in [-0.25, -0.2) is 0 Å². The molecule has 0 heterocycles. The number of ketones is 1. The van der Waals surface area contributed by atoms with Crippen molar-refractivity contribution in [1.82, 2.24) is 4.90 Å². The maximum atomic E-state index is 13.5. The van der Waals surface area contributed by atoms with E-state index in [4.69, 9.17) is 4.74 Å². The first-order chi connectivity index (χ1) is 15.5. The van der Waals surface area contributed by atoms with Crippen LogP contribution in [0.3, 0.4) is 0 Å². The lowest BCUT2D eigenvalue weighted by atomic mass is 9.88. The molecule has 33 heavy (non-hydrogen) atoms. The molecule has 0 radical (unpaired) electrons. The number of ether oxygens (including phenoxy) is 1. The first-order valence-electron chi connectivity index (χ1n) is 11.0. The number of likely N-dealkylation sites (N-methyl/N-ethyl adjacent to an activating group) is 1. The largest absolute Gasteiger partial charge is 0.508 e. The second-order valence-corrected chi connectivity index (χ2v) is 8.02. The number of allylic oxidation sites excluding steroid dienone is 2. The normalized spacial score (nSPS) is 11.5. The van der Waals surface area contributed by atoms with E-state index < -0.39 is 0 Å². The Morgan fingerprint density at radius 1 is 0.879 bits per heavy atom. The molecule has 4 nitrogen and oxygen atoms in total. The van der Waals surface area contributed by atoms with Crippen molar-refractivity contribution in [2.45, 2.75) is 27.2 Å². The third-order valence-corrected chi connectivity index (χ3v) is 5.31. The summed E-state index contributed by atoms with van der Waals surface area (Å²) >= 11 is 0. The predicted molar refractivity (Wildman–Crippen MR) is 138 cm³/mol. The molecule has 0 aliphatic carbocycles. The third kappa shape index (κ3) is 7.33. The van der Waals surface area contributed by atoms with Gasteiger partial charge < -0.3 is 14.7 Å². The molecule has 3 rings (SSSR count). The summed E-state index contributed by atoms with van der Waals surface area (Å²) in [5.41, 5.74) is 4.50. The van der Waals surface area contributed by atoms with E-state index in [0.717, 1.165) is 41.0 Å². The zero-order chi connectivity index (χ0) is 22.9. The average Bonchev–Trinajstić information content (AvgIpc) is 2.79. The van der Waals surface area contributed by atoms with Crippen LogP contribution in [0.2, 0.25) is 0 Å². The first-order valence-corrected chi connectivity index (χ1v) is 11.0. The standard InChI is InChI=1S/C28H31NO3.CH4/c1-4-26(22-8-6-5-7-9-22)28(23-12-14-24(30)15-13-23)27(31)20-21-10-16-25(17-11-21)32-19-18-29(2)3;/h5-17,30H,4,18-20H2,1-3H3;1H4/b28-26+;. The van der Waals surface area contributed by atoms with Gasteiger partial charge in [-0.2, -0.15) is 0 Å². The van der Waals surface area contributed by atoms with Crippen molar-refractivity contribution in [3.63, 3.8) is 0 Å². The van der Waals surface area contributed by atoms with Crippen molar-refractivity contribution in [3.05, 3.63) is 95.6 Å². The summed E-state index contributed by atoms with van der Waals surface area (Å²) in [6.07, 6.45) is 1.02. The van der Waals surface area contributed by atoms with Crippen LogP contribution in [-0.2, 0) is 11.2 Å². The van der Waals surface area contributed by atoms with Crippen LogP contribution in [0.15, 0.2) is 78.9 Å². The summed E-state index contributed by atoms with van der Waals surface area (Å²) in [6, 6.07) is 24.6. The van der Waals surface area contributed by atoms with E-state index in [1.807, 2.05) is 80.8 Å². The third-order valence-electron chi connectivity index (χ3n) is 5.31. The lowest BCUT2D eigenvalue weighted by Gasteiger charge is -2.15. The van der Waals surface area contributed by atoms with Gasteiger partial charge in [0.1, 0.15) is 18.1 Å². The van der Waals surface area contributed by atoms with Gasteiger partial charge in [-0.1, -0.05) is 68.9 Å². The van der Waals surface area contributed by atoms with E-state index in [2.05, 4.69) is 11.8 Å². The second kappa shape index (κ2) is 12.6. The SMILES string of the molecule is C.CC/C(=C(\C(=O)Cc1ccc(OCCN(C)C)cc1)c1ccc(O)cc1)c1ccccc1. The van der Waals surface area contributed by atoms with Gasteiger partial charge in [-0.3, -0.25) is 4.79 Å². The molecule has 0 amide bonds. The van der Waals surface area contributed by atoms with Crippen molar-refractivity contribution in [2.75, 3.05) is 27.2 Å². The van der Waals surface area contributed by atoms with Crippen LogP contribution in [0.25, 0.3) is 11.1 Å². The minimum atomic E-state index is 0. The van der Waals surface area contributed by atoms with Crippen molar-refractivity contribution in [3.8, 4) is 11.5 Å². The molecule has 0 fully saturated rings. The number of carbonyl (C=O) groups excluding carboxylic acids is 1. The molecule has 0 aliphatic rings. The summed E-state index contributed by atoms with van der Waals surface area (Å²) in [7, 11) is 4.02. The van der Waals surface area contributed by atoms with Gasteiger partial charge in [-0.05, 0) is 67.0 Å². The van der Waals surface area contributed by atoms with Crippen LogP contribution in [0.5, 0.6) is 11.5 Å². The average molecular weight is 446 g/mol. The van der Waals surface area contributed by atoms with Gasteiger partial charge >= 0.3 is 0 Å². The molecule has 174 valence electrons. The zero-order valence-electron chi connectivity index (χ0n) is 19.0. The van der Waals surface area contributed by atoms with E-state index in [9.17, 15) is 9.90 Å². The molecule has 0 atom stereocenters. The lowest BCUT2D eigenvalue weighted by Crippen LogP contribution is -2.19. The first kappa shape index (κ1) is 25.9. The molecular weight excluding hydrogens is 410 g/mol. The Morgan fingerprint density at radius 2 is 1.52 bits per heavy atom. The topological polar surface area (TPSA) is 49.8 Å². The molecule has 0 aliphatic heterocycles. The number of hydrogen-bond donors (Lipinski definition) is 1. The molecule has 0 spiro atoms. The van der Waals surface area contributed by atoms with Crippen LogP contribution in [-0.4, -0.2) is 43.0 Å². The Morgan fingerprint density at radius 3 is 2.09 bits per heavy atom. The maximum absolute atomic E-state index is 13.5. The number of hydrogen-bond acceptors (Lipinski definition) is 4. The van der Waals surface area contributed by atoms with E-state index in [0.29, 0.717) is 18.6 Å². The number of benzene rings is 3. The lowest BCUT2D eigenvalue weighted by molar-refractivity contribution is -0.113. The summed E-state index contributed by atoms with van der Waals surface area (Å²) in [6.45, 7) is 3.53. The fourth-order valence-corrected chi connectivity index (χ4v) is 3.62. The van der Waals surface area contributed by atoms with E-state index in [-0.39, 0.29) is 19.0 Å². The molecular formula is C29H35NO3. The number of rotatable bonds is 10. The Labute approximate surface area is 198 Å². The maximum Gasteiger partial charge on any atom is 0.168 e. The zero-order valence-corrected chi connectivity index (χ0v) is 19.0. The molecule has 3 aromatic carbocycles. The highest BCUT2D eigenvalue weighted by molar-refractivity contribution is 6.28. The molecule has 0 saturated heterocycles. The van der Waals surface area contributed by atoms with Crippen LogP contribution < -0.4 is 4.74 Å². The van der Waals surface area contributed by atoms with Gasteiger partial charge in [0, 0.05) is 18.5 Å². The number of phenolic OH excluding ortho intramolecular Hbond substituents is 1. The molecule has 0 bridgehead atoms. The molecule has 3 aromatic rings. The highest BCUT2D eigenvalue weighted by atomic mass is 16.5. The number of aromatic hydroxyl groups is 1. The fraction of sp³-hybridized carbons (Fsp3) is 0.276. The highest BCUT2D eigenvalue weighted by Crippen LogP contribution is 2.31. The molecule has 4 heteroatoms. The number of phenols is 1. The van der Waals surface area contributed by atoms with Gasteiger partial charge in [0.2, 0.25) is 0 Å². The molecule has 0 aromatic heterocycles. The van der Waals surface area contributed by atoms with Gasteiger partial charge in [0.25, 0.3) is 0 Å². The summed E-state index contributed by atoms with van der Waals surface area (Å²) in [5, 5.41) is 9.73. The minimum absolute atomic E-state index is 0. The second-order valence-electron chi connectivity index (χ2n) is 8.02. The molecule has 0 saturated carbocycles. The Kier molecular flexibility index (Phi) is 9.89. The number of Topliss-reactive ketones (excluding diaryl/α,β-unsaturated/α-hetero) is 1. The summed E-state index contributed by atoms with van der Waals surface area (Å²) in [5.74, 6) is 1.04. The minimum Gasteiger partial charge on any atom is -0.508 e. The van der Waals surface area contributed by atoms with Crippen LogP contribution in [0.1, 0.15) is 37.5 Å². The predicted octanol–water partition coefficient (Wildman–Crippen LogP) is 6.10. The van der Waals surface area contributed by atoms with E-state index in [1.54, 1.807) is 12.1 Å². The van der Waals surface area contributed by atoms with Crippen LogP contribution in [0, 0.1) is 0 Å². The number of nitrogens with zero attached hydrogens (tertiary/aromatic N) is 1. The summed E-state index contributed by atoms with van der Waals surface area (Å²) < 4.78 is 5.76. The number of carbonyl (C=O) groups is 1. The molecule has 1 N–H and O–H groups in total. The summed E-state index contributed by atoms with van der Waals surface area (Å²) in [4.78, 5) is 15.6. The van der Waals surface area contributed by atoms with E-state index in [1.165, 1.54) is 0 Å². The van der Waals surface area contributed by atoms with Crippen molar-refractivity contribution in [1.29, 1.82) is 0 Å². The monoisotopic (exact) mass is 445 g/mol. The highest BCUT2D eigenvalue weighted by Gasteiger charge is 2.18. The Bertz CT molecular complexity index is 1040. The van der Waals surface area contributed by atoms with Crippen molar-refractivity contribution in [2.24, 2.45) is 0 Å².